The van der Waals surface area contributed by atoms with Crippen LogP contribution in [0, 0.1) is 3.57 Å². The molecule has 2 aromatic rings. The van der Waals surface area contributed by atoms with Crippen molar-refractivity contribution in [2.24, 2.45) is 0 Å². The minimum absolute atomic E-state index is 0.106. The van der Waals surface area contributed by atoms with Crippen molar-refractivity contribution >= 4 is 61.5 Å². The van der Waals surface area contributed by atoms with Gasteiger partial charge in [0.05, 0.1) is 16.7 Å². The Hall–Kier alpha value is 0.0800. The molecule has 0 fully saturated rings. The zero-order valence-electron chi connectivity index (χ0n) is 7.78. The van der Waals surface area contributed by atoms with Crippen LogP contribution in [0.4, 0.5) is 0 Å². The van der Waals surface area contributed by atoms with Crippen LogP contribution < -0.4 is 5.56 Å². The molecule has 0 N–H and O–H groups in total. The normalized spacial score (nSPS) is 10.7. The molecule has 0 aliphatic rings. The molecule has 0 atom stereocenters. The summed E-state index contributed by atoms with van der Waals surface area (Å²) in [6.07, 6.45) is 1.47. The lowest BCUT2D eigenvalue weighted by molar-refractivity contribution is 0.739. The van der Waals surface area contributed by atoms with Crippen molar-refractivity contribution in [2.75, 3.05) is 0 Å². The van der Waals surface area contributed by atoms with Crippen molar-refractivity contribution in [1.29, 1.82) is 0 Å². The molecule has 7 heteroatoms. The van der Waals surface area contributed by atoms with Gasteiger partial charge < -0.3 is 0 Å². The Balaban J connectivity index is 2.36. The fourth-order valence-electron chi connectivity index (χ4n) is 1.16. The minimum atomic E-state index is -0.106. The summed E-state index contributed by atoms with van der Waals surface area (Å²) in [6, 6.07) is 3.93. The van der Waals surface area contributed by atoms with Crippen LogP contribution in [-0.2, 0) is 6.54 Å². The Morgan fingerprint density at radius 3 is 2.94 bits per heavy atom. The molecule has 84 valence electrons. The summed E-state index contributed by atoms with van der Waals surface area (Å²) in [6.45, 7) is 0.523. The van der Waals surface area contributed by atoms with Crippen LogP contribution in [0.25, 0.3) is 0 Å². The van der Waals surface area contributed by atoms with Crippen molar-refractivity contribution in [1.82, 2.24) is 9.55 Å². The lowest BCUT2D eigenvalue weighted by atomic mass is 10.4. The highest BCUT2D eigenvalue weighted by molar-refractivity contribution is 14.1. The van der Waals surface area contributed by atoms with Gasteiger partial charge >= 0.3 is 0 Å². The van der Waals surface area contributed by atoms with Gasteiger partial charge in [-0.15, -0.1) is 11.3 Å². The number of thiophene rings is 1. The molecular formula is C9H5BrClIN2OS. The van der Waals surface area contributed by atoms with Crippen molar-refractivity contribution in [3.63, 3.8) is 0 Å². The van der Waals surface area contributed by atoms with Gasteiger partial charge in [-0.25, -0.2) is 4.98 Å². The largest absolute Gasteiger partial charge is 0.293 e. The molecule has 2 aromatic heterocycles. The van der Waals surface area contributed by atoms with Gasteiger partial charge in [-0.3, -0.25) is 9.36 Å². The van der Waals surface area contributed by atoms with Crippen LogP contribution in [0.5, 0.6) is 0 Å². The van der Waals surface area contributed by atoms with E-state index in [1.54, 1.807) is 15.9 Å². The average Bonchev–Trinajstić information content (AvgIpc) is 2.65. The monoisotopic (exact) mass is 430 g/mol. The standard InChI is InChI=1S/C9H5BrClIN2OS/c10-6-2-1-5(16-6)3-14-4-13-8(11)7(12)9(14)15/h1-2,4H,3H2. The van der Waals surface area contributed by atoms with Crippen LogP contribution >= 0.6 is 61.5 Å². The van der Waals surface area contributed by atoms with Crippen LogP contribution in [0.15, 0.2) is 27.0 Å². The molecule has 2 heterocycles. The quantitative estimate of drug-likeness (QED) is 0.540. The van der Waals surface area contributed by atoms with Crippen LogP contribution in [-0.4, -0.2) is 9.55 Å². The van der Waals surface area contributed by atoms with Crippen molar-refractivity contribution in [2.45, 2.75) is 6.54 Å². The van der Waals surface area contributed by atoms with Crippen molar-refractivity contribution < 1.29 is 0 Å². The molecule has 2 rings (SSSR count). The summed E-state index contributed by atoms with van der Waals surface area (Å²) in [5.74, 6) is 0. The lowest BCUT2D eigenvalue weighted by Crippen LogP contribution is -2.23. The summed E-state index contributed by atoms with van der Waals surface area (Å²) in [5.41, 5.74) is -0.106. The smallest absolute Gasteiger partial charge is 0.268 e. The van der Waals surface area contributed by atoms with Gasteiger partial charge in [0.25, 0.3) is 5.56 Å². The molecule has 0 radical (unpaired) electrons. The van der Waals surface area contributed by atoms with Crippen LogP contribution in [0.2, 0.25) is 5.15 Å². The Morgan fingerprint density at radius 2 is 2.31 bits per heavy atom. The zero-order valence-corrected chi connectivity index (χ0v) is 13.1. The molecule has 0 spiro atoms. The van der Waals surface area contributed by atoms with E-state index in [4.69, 9.17) is 11.6 Å². The maximum absolute atomic E-state index is 11.8. The Kier molecular flexibility index (Phi) is 4.04. The Morgan fingerprint density at radius 1 is 1.56 bits per heavy atom. The van der Waals surface area contributed by atoms with E-state index in [1.807, 2.05) is 34.7 Å². The second kappa shape index (κ2) is 5.16. The topological polar surface area (TPSA) is 34.9 Å². The molecule has 0 aromatic carbocycles. The molecule has 3 nitrogen and oxygen atoms in total. The predicted octanol–water partition coefficient (Wildman–Crippen LogP) is 3.37. The van der Waals surface area contributed by atoms with E-state index in [0.29, 0.717) is 10.1 Å². The minimum Gasteiger partial charge on any atom is -0.293 e. The first-order valence-electron chi connectivity index (χ1n) is 4.22. The molecule has 0 saturated heterocycles. The third-order valence-corrected chi connectivity index (χ3v) is 5.08. The molecule has 0 amide bonds. The first-order valence-corrected chi connectivity index (χ1v) is 7.29. The molecule has 16 heavy (non-hydrogen) atoms. The number of rotatable bonds is 2. The maximum Gasteiger partial charge on any atom is 0.268 e. The third kappa shape index (κ3) is 2.66. The van der Waals surface area contributed by atoms with E-state index < -0.39 is 0 Å². The SMILES string of the molecule is O=c1c(I)c(Cl)ncn1Cc1ccc(Br)s1. The fourth-order valence-corrected chi connectivity index (χ4v) is 3.22. The maximum atomic E-state index is 11.8. The third-order valence-electron chi connectivity index (χ3n) is 1.90. The molecule has 0 bridgehead atoms. The Labute approximate surface area is 123 Å². The van der Waals surface area contributed by atoms with Crippen LogP contribution in [0.3, 0.4) is 0 Å². The lowest BCUT2D eigenvalue weighted by Gasteiger charge is -2.04. The van der Waals surface area contributed by atoms with Gasteiger partial charge in [-0.05, 0) is 50.7 Å². The van der Waals surface area contributed by atoms with Gasteiger partial charge in [0.1, 0.15) is 8.72 Å². The summed E-state index contributed by atoms with van der Waals surface area (Å²) in [5, 5.41) is 0.259. The number of aromatic nitrogens is 2. The average molecular weight is 431 g/mol. The molecule has 0 aliphatic heterocycles. The van der Waals surface area contributed by atoms with Gasteiger partial charge in [0.15, 0.2) is 0 Å². The number of hydrogen-bond donors (Lipinski definition) is 0. The van der Waals surface area contributed by atoms with E-state index in [0.717, 1.165) is 8.66 Å². The predicted molar refractivity (Wildman–Crippen MR) is 77.3 cm³/mol. The molecule has 0 unspecified atom stereocenters. The van der Waals surface area contributed by atoms with Crippen molar-refractivity contribution in [3.8, 4) is 0 Å². The summed E-state index contributed by atoms with van der Waals surface area (Å²) in [7, 11) is 0. The van der Waals surface area contributed by atoms with Gasteiger partial charge in [0, 0.05) is 4.88 Å². The summed E-state index contributed by atoms with van der Waals surface area (Å²) >= 11 is 12.6. The second-order valence-corrected chi connectivity index (χ2v) is 6.97. The number of halogens is 3. The molecular weight excluding hydrogens is 426 g/mol. The van der Waals surface area contributed by atoms with E-state index in [1.165, 1.54) is 6.33 Å². The second-order valence-electron chi connectivity index (χ2n) is 2.99. The Bertz CT molecular complexity index is 583. The zero-order chi connectivity index (χ0) is 11.7. The highest BCUT2D eigenvalue weighted by atomic mass is 127. The summed E-state index contributed by atoms with van der Waals surface area (Å²) < 4.78 is 3.05. The van der Waals surface area contributed by atoms with E-state index in [2.05, 4.69) is 20.9 Å². The summed E-state index contributed by atoms with van der Waals surface area (Å²) in [4.78, 5) is 16.9. The van der Waals surface area contributed by atoms with E-state index in [9.17, 15) is 4.79 Å². The first-order chi connectivity index (χ1) is 7.58. The fraction of sp³-hybridized carbons (Fsp3) is 0.111. The van der Waals surface area contributed by atoms with Crippen LogP contribution in [0.1, 0.15) is 4.88 Å². The van der Waals surface area contributed by atoms with Gasteiger partial charge in [-0.1, -0.05) is 11.6 Å². The van der Waals surface area contributed by atoms with Gasteiger partial charge in [0.2, 0.25) is 0 Å². The van der Waals surface area contributed by atoms with E-state index in [-0.39, 0.29) is 10.7 Å². The molecule has 0 saturated carbocycles. The highest BCUT2D eigenvalue weighted by Crippen LogP contribution is 2.22. The number of hydrogen-bond acceptors (Lipinski definition) is 3. The van der Waals surface area contributed by atoms with E-state index >= 15 is 0 Å². The van der Waals surface area contributed by atoms with Crippen molar-refractivity contribution in [3.05, 3.63) is 46.2 Å². The highest BCUT2D eigenvalue weighted by Gasteiger charge is 2.07. The number of nitrogens with zero attached hydrogens (tertiary/aromatic N) is 2. The molecule has 0 aliphatic carbocycles. The first kappa shape index (κ1) is 12.5. The van der Waals surface area contributed by atoms with Gasteiger partial charge in [-0.2, -0.15) is 0 Å².